The minimum atomic E-state index is -0.813. The van der Waals surface area contributed by atoms with E-state index in [0.717, 1.165) is 8.79 Å². The van der Waals surface area contributed by atoms with Crippen LogP contribution in [0.25, 0.3) is 0 Å². The fourth-order valence-corrected chi connectivity index (χ4v) is 2.25. The van der Waals surface area contributed by atoms with Gasteiger partial charge in [-0.3, -0.25) is 0 Å². The molecule has 1 rings (SSSR count). The Balaban J connectivity index is 2.78. The van der Waals surface area contributed by atoms with Crippen LogP contribution in [0.3, 0.4) is 0 Å². The number of halogens is 1. The topological polar surface area (TPSA) is 40.5 Å². The van der Waals surface area contributed by atoms with Gasteiger partial charge in [0.2, 0.25) is 0 Å². The van der Waals surface area contributed by atoms with Gasteiger partial charge in [0.05, 0.1) is 8.79 Å². The summed E-state index contributed by atoms with van der Waals surface area (Å²) in [5, 5.41) is 9.72. The molecule has 0 aliphatic carbocycles. The summed E-state index contributed by atoms with van der Waals surface area (Å²) in [7, 11) is 1.77. The molecule has 0 aliphatic rings. The van der Waals surface area contributed by atoms with Crippen LogP contribution in [0.15, 0.2) is 15.9 Å². The maximum atomic E-state index is 10.7. The number of anilines is 1. The number of likely N-dealkylation sites (N-methyl/N-ethyl adjacent to an activating group) is 1. The van der Waals surface area contributed by atoms with Crippen molar-refractivity contribution in [3.63, 3.8) is 0 Å². The van der Waals surface area contributed by atoms with E-state index < -0.39 is 12.0 Å². The van der Waals surface area contributed by atoms with Crippen molar-refractivity contribution in [2.75, 3.05) is 11.9 Å². The van der Waals surface area contributed by atoms with Crippen molar-refractivity contribution in [2.45, 2.75) is 13.0 Å². The van der Waals surface area contributed by atoms with Crippen LogP contribution < -0.4 is 4.90 Å². The number of hydrogen-bond donors (Lipinski definition) is 1. The highest BCUT2D eigenvalue weighted by atomic mass is 79.9. The van der Waals surface area contributed by atoms with Crippen LogP contribution in [-0.4, -0.2) is 24.2 Å². The van der Waals surface area contributed by atoms with Crippen molar-refractivity contribution in [3.8, 4) is 0 Å². The van der Waals surface area contributed by atoms with E-state index in [2.05, 4.69) is 15.9 Å². The highest BCUT2D eigenvalue weighted by Gasteiger charge is 2.17. The minimum Gasteiger partial charge on any atom is -0.480 e. The third-order valence-corrected chi connectivity index (χ3v) is 3.56. The van der Waals surface area contributed by atoms with E-state index in [0.29, 0.717) is 0 Å². The van der Waals surface area contributed by atoms with Crippen molar-refractivity contribution in [1.29, 1.82) is 0 Å². The highest BCUT2D eigenvalue weighted by molar-refractivity contribution is 9.11. The summed E-state index contributed by atoms with van der Waals surface area (Å²) in [6.45, 7) is 1.66. The molecule has 0 radical (unpaired) electrons. The van der Waals surface area contributed by atoms with Gasteiger partial charge in [0, 0.05) is 7.05 Å². The molecule has 3 nitrogen and oxygen atoms in total. The predicted octanol–water partition coefficient (Wildman–Crippen LogP) is 2.42. The van der Waals surface area contributed by atoms with Crippen LogP contribution in [0.5, 0.6) is 0 Å². The van der Waals surface area contributed by atoms with Crippen LogP contribution >= 0.6 is 27.3 Å². The van der Waals surface area contributed by atoms with Crippen LogP contribution in [0.4, 0.5) is 5.00 Å². The first-order valence-corrected chi connectivity index (χ1v) is 5.34. The summed E-state index contributed by atoms with van der Waals surface area (Å²) >= 11 is 4.85. The standard InChI is InChI=1S/C8H10BrNO2S/c1-5(8(11)12)10(2)7-4-3-6(9)13-7/h3-5H,1-2H3,(H,11,12). The lowest BCUT2D eigenvalue weighted by molar-refractivity contribution is -0.138. The summed E-state index contributed by atoms with van der Waals surface area (Å²) in [5.74, 6) is -0.813. The Labute approximate surface area is 89.1 Å². The minimum absolute atomic E-state index is 0.495. The van der Waals surface area contributed by atoms with Crippen molar-refractivity contribution < 1.29 is 9.90 Å². The Morgan fingerprint density at radius 3 is 2.69 bits per heavy atom. The molecule has 1 atom stereocenters. The van der Waals surface area contributed by atoms with E-state index in [4.69, 9.17) is 5.11 Å². The van der Waals surface area contributed by atoms with E-state index in [-0.39, 0.29) is 0 Å². The SMILES string of the molecule is CC(C(=O)O)N(C)c1ccc(Br)s1. The highest BCUT2D eigenvalue weighted by Crippen LogP contribution is 2.30. The fraction of sp³-hybridized carbons (Fsp3) is 0.375. The van der Waals surface area contributed by atoms with Gasteiger partial charge in [-0.1, -0.05) is 0 Å². The van der Waals surface area contributed by atoms with E-state index >= 15 is 0 Å². The fourth-order valence-electron chi connectivity index (χ4n) is 0.851. The first kappa shape index (κ1) is 10.5. The molecule has 0 spiro atoms. The number of hydrogen-bond acceptors (Lipinski definition) is 3. The van der Waals surface area contributed by atoms with E-state index in [1.165, 1.54) is 11.3 Å². The van der Waals surface area contributed by atoms with Crippen LogP contribution in [0.2, 0.25) is 0 Å². The van der Waals surface area contributed by atoms with Crippen molar-refractivity contribution in [3.05, 3.63) is 15.9 Å². The molecule has 1 N–H and O–H groups in total. The molecule has 13 heavy (non-hydrogen) atoms. The summed E-state index contributed by atoms with van der Waals surface area (Å²) in [4.78, 5) is 12.4. The lowest BCUT2D eigenvalue weighted by Crippen LogP contribution is -2.35. The third kappa shape index (κ3) is 2.45. The van der Waals surface area contributed by atoms with Gasteiger partial charge < -0.3 is 10.0 Å². The zero-order valence-corrected chi connectivity index (χ0v) is 9.72. The van der Waals surface area contributed by atoms with Gasteiger partial charge in [0.1, 0.15) is 6.04 Å². The average molecular weight is 264 g/mol. The molecule has 1 unspecified atom stereocenters. The molecule has 0 aliphatic heterocycles. The number of rotatable bonds is 3. The van der Waals surface area contributed by atoms with Crippen molar-refractivity contribution in [1.82, 2.24) is 0 Å². The number of nitrogens with zero attached hydrogens (tertiary/aromatic N) is 1. The van der Waals surface area contributed by atoms with Gasteiger partial charge in [0.15, 0.2) is 0 Å². The summed E-state index contributed by atoms with van der Waals surface area (Å²) in [6, 6.07) is 3.31. The van der Waals surface area contributed by atoms with Gasteiger partial charge >= 0.3 is 5.97 Å². The first-order chi connectivity index (χ1) is 6.02. The third-order valence-electron chi connectivity index (χ3n) is 1.84. The molecule has 0 fully saturated rings. The lowest BCUT2D eigenvalue weighted by Gasteiger charge is -2.21. The normalized spacial score (nSPS) is 12.5. The maximum Gasteiger partial charge on any atom is 0.326 e. The number of thiophene rings is 1. The molecule has 0 amide bonds. The van der Waals surface area contributed by atoms with Gasteiger partial charge in [-0.05, 0) is 35.0 Å². The quantitative estimate of drug-likeness (QED) is 0.911. The monoisotopic (exact) mass is 263 g/mol. The second kappa shape index (κ2) is 4.11. The Bertz CT molecular complexity index is 313. The largest absolute Gasteiger partial charge is 0.480 e. The Morgan fingerprint density at radius 1 is 1.69 bits per heavy atom. The number of carboxylic acid groups (broad SMARTS) is 1. The van der Waals surface area contributed by atoms with Crippen molar-refractivity contribution >= 4 is 38.2 Å². The van der Waals surface area contributed by atoms with Gasteiger partial charge in [-0.15, -0.1) is 11.3 Å². The van der Waals surface area contributed by atoms with Gasteiger partial charge in [-0.2, -0.15) is 0 Å². The van der Waals surface area contributed by atoms with Crippen molar-refractivity contribution in [2.24, 2.45) is 0 Å². The van der Waals surface area contributed by atoms with Gasteiger partial charge in [-0.25, -0.2) is 4.79 Å². The smallest absolute Gasteiger partial charge is 0.326 e. The second-order valence-electron chi connectivity index (χ2n) is 2.70. The molecule has 0 aromatic carbocycles. The zero-order chi connectivity index (χ0) is 10.0. The lowest BCUT2D eigenvalue weighted by atomic mass is 10.3. The van der Waals surface area contributed by atoms with Crippen LogP contribution in [0.1, 0.15) is 6.92 Å². The number of aliphatic carboxylic acids is 1. The second-order valence-corrected chi connectivity index (χ2v) is 5.14. The Hall–Kier alpha value is -0.550. The average Bonchev–Trinajstić information content (AvgIpc) is 2.49. The predicted molar refractivity (Wildman–Crippen MR) is 57.5 cm³/mol. The number of carboxylic acids is 1. The molecule has 1 aromatic heterocycles. The van der Waals surface area contributed by atoms with E-state index in [1.54, 1.807) is 18.9 Å². The maximum absolute atomic E-state index is 10.7. The molecule has 1 aromatic rings. The molecule has 0 bridgehead atoms. The molecular weight excluding hydrogens is 254 g/mol. The van der Waals surface area contributed by atoms with Gasteiger partial charge in [0.25, 0.3) is 0 Å². The van der Waals surface area contributed by atoms with E-state index in [1.807, 2.05) is 12.1 Å². The molecule has 72 valence electrons. The zero-order valence-electron chi connectivity index (χ0n) is 7.32. The summed E-state index contributed by atoms with van der Waals surface area (Å²) < 4.78 is 1.01. The molecule has 1 heterocycles. The first-order valence-electron chi connectivity index (χ1n) is 3.73. The summed E-state index contributed by atoms with van der Waals surface area (Å²) in [5.41, 5.74) is 0. The van der Waals surface area contributed by atoms with E-state index in [9.17, 15) is 4.79 Å². The Morgan fingerprint density at radius 2 is 2.31 bits per heavy atom. The summed E-state index contributed by atoms with van der Waals surface area (Å²) in [6.07, 6.45) is 0. The molecule has 5 heteroatoms. The molecule has 0 saturated carbocycles. The van der Waals surface area contributed by atoms with Crippen LogP contribution in [0, 0.1) is 0 Å². The van der Waals surface area contributed by atoms with Crippen LogP contribution in [-0.2, 0) is 4.79 Å². The molecule has 0 saturated heterocycles. The number of carbonyl (C=O) groups is 1. The Kier molecular flexibility index (Phi) is 3.33. The molecular formula is C8H10BrNO2S.